The van der Waals surface area contributed by atoms with Gasteiger partial charge >= 0.3 is 0 Å². The summed E-state index contributed by atoms with van der Waals surface area (Å²) in [5.74, 6) is 1.38. The Morgan fingerprint density at radius 2 is 1.83 bits per heavy atom. The third-order valence-electron chi connectivity index (χ3n) is 4.52. The maximum atomic E-state index is 12.6. The molecule has 0 N–H and O–H groups in total. The molecule has 0 saturated carbocycles. The van der Waals surface area contributed by atoms with Crippen LogP contribution in [0.15, 0.2) is 52.7 Å². The highest BCUT2D eigenvalue weighted by atomic mass is 32.2. The topological polar surface area (TPSA) is 51.7 Å². The largest absolute Gasteiger partial charge is 0.493 e. The number of hydrogen-bond donors (Lipinski definition) is 0. The zero-order valence-corrected chi connectivity index (χ0v) is 18.6. The molecular weight excluding hydrogens is 404 g/mol. The first-order valence-corrected chi connectivity index (χ1v) is 11.2. The van der Waals surface area contributed by atoms with E-state index in [1.54, 1.807) is 30.9 Å². The number of nitrogens with zero attached hydrogens (tertiary/aromatic N) is 2. The SMILES string of the molecule is COc1ccc(-c2nc(CC(=O)N(C)Cc3ccc(SC)cc3)cs2)cc1OC. The lowest BCUT2D eigenvalue weighted by Gasteiger charge is -2.17. The van der Waals surface area contributed by atoms with Crippen LogP contribution >= 0.6 is 23.1 Å². The van der Waals surface area contributed by atoms with Gasteiger partial charge in [0.25, 0.3) is 0 Å². The van der Waals surface area contributed by atoms with Crippen molar-refractivity contribution in [3.05, 3.63) is 59.1 Å². The van der Waals surface area contributed by atoms with E-state index in [1.165, 1.54) is 16.2 Å². The molecular formula is C22H24N2O3S2. The summed E-state index contributed by atoms with van der Waals surface area (Å²) < 4.78 is 10.6. The molecule has 1 heterocycles. The van der Waals surface area contributed by atoms with Crippen molar-refractivity contribution in [3.63, 3.8) is 0 Å². The zero-order chi connectivity index (χ0) is 20.8. The van der Waals surface area contributed by atoms with E-state index in [9.17, 15) is 4.79 Å². The molecule has 0 radical (unpaired) electrons. The molecule has 0 aliphatic heterocycles. The molecule has 3 aromatic rings. The highest BCUT2D eigenvalue weighted by molar-refractivity contribution is 7.98. The van der Waals surface area contributed by atoms with Crippen molar-refractivity contribution < 1.29 is 14.3 Å². The van der Waals surface area contributed by atoms with Crippen molar-refractivity contribution in [1.82, 2.24) is 9.88 Å². The smallest absolute Gasteiger partial charge is 0.228 e. The number of rotatable bonds is 8. The number of ether oxygens (including phenoxy) is 2. The number of likely N-dealkylation sites (N-methyl/N-ethyl adjacent to an activating group) is 1. The summed E-state index contributed by atoms with van der Waals surface area (Å²) in [4.78, 5) is 20.2. The molecule has 7 heteroatoms. The van der Waals surface area contributed by atoms with Gasteiger partial charge in [-0.15, -0.1) is 23.1 Å². The molecule has 2 aromatic carbocycles. The molecule has 152 valence electrons. The van der Waals surface area contributed by atoms with Crippen LogP contribution in [0.4, 0.5) is 0 Å². The van der Waals surface area contributed by atoms with Gasteiger partial charge in [-0.2, -0.15) is 0 Å². The summed E-state index contributed by atoms with van der Waals surface area (Å²) in [5, 5.41) is 2.79. The first-order chi connectivity index (χ1) is 14.0. The molecule has 1 amide bonds. The minimum absolute atomic E-state index is 0.0445. The quantitative estimate of drug-likeness (QED) is 0.485. The number of methoxy groups -OCH3 is 2. The fraction of sp³-hybridized carbons (Fsp3) is 0.273. The number of aromatic nitrogens is 1. The van der Waals surface area contributed by atoms with Crippen LogP contribution < -0.4 is 9.47 Å². The van der Waals surface area contributed by atoms with Crippen LogP contribution in [0.3, 0.4) is 0 Å². The third-order valence-corrected chi connectivity index (χ3v) is 6.20. The predicted molar refractivity (Wildman–Crippen MR) is 119 cm³/mol. The van der Waals surface area contributed by atoms with Crippen molar-refractivity contribution in [2.75, 3.05) is 27.5 Å². The molecule has 5 nitrogen and oxygen atoms in total. The first-order valence-electron chi connectivity index (χ1n) is 9.07. The minimum Gasteiger partial charge on any atom is -0.493 e. The second kappa shape index (κ2) is 9.80. The van der Waals surface area contributed by atoms with Crippen molar-refractivity contribution in [2.45, 2.75) is 17.9 Å². The Bertz CT molecular complexity index is 970. The van der Waals surface area contributed by atoms with E-state index in [1.807, 2.05) is 30.6 Å². The van der Waals surface area contributed by atoms with E-state index in [2.05, 4.69) is 35.5 Å². The summed E-state index contributed by atoms with van der Waals surface area (Å²) in [6.07, 6.45) is 2.33. The summed E-state index contributed by atoms with van der Waals surface area (Å²) in [6, 6.07) is 14.0. The fourth-order valence-electron chi connectivity index (χ4n) is 2.87. The normalized spacial score (nSPS) is 10.6. The maximum Gasteiger partial charge on any atom is 0.228 e. The standard InChI is InChI=1S/C22H24N2O3S2/c1-24(13-15-5-8-18(28-4)9-6-15)21(25)12-17-14-29-22(23-17)16-7-10-19(26-2)20(11-16)27-3/h5-11,14H,12-13H2,1-4H3. The van der Waals surface area contributed by atoms with Gasteiger partial charge < -0.3 is 14.4 Å². The number of thioether (sulfide) groups is 1. The van der Waals surface area contributed by atoms with Crippen molar-refractivity contribution in [2.24, 2.45) is 0 Å². The van der Waals surface area contributed by atoms with Gasteiger partial charge in [-0.1, -0.05) is 12.1 Å². The monoisotopic (exact) mass is 428 g/mol. The van der Waals surface area contributed by atoms with Crippen molar-refractivity contribution in [3.8, 4) is 22.1 Å². The number of amides is 1. The van der Waals surface area contributed by atoms with Crippen LogP contribution in [0.25, 0.3) is 10.6 Å². The Hall–Kier alpha value is -2.51. The average molecular weight is 429 g/mol. The summed E-state index contributed by atoms with van der Waals surface area (Å²) in [5.41, 5.74) is 2.82. The van der Waals surface area contributed by atoms with Crippen LogP contribution in [0.2, 0.25) is 0 Å². The Balaban J connectivity index is 1.65. The molecule has 1 aromatic heterocycles. The first kappa shape index (κ1) is 21.2. The van der Waals surface area contributed by atoms with Gasteiger partial charge in [0.15, 0.2) is 11.5 Å². The number of benzene rings is 2. The van der Waals surface area contributed by atoms with Gasteiger partial charge in [-0.3, -0.25) is 4.79 Å². The zero-order valence-electron chi connectivity index (χ0n) is 17.0. The Kier molecular flexibility index (Phi) is 7.17. The molecule has 0 aliphatic rings. The molecule has 0 saturated heterocycles. The van der Waals surface area contributed by atoms with Crippen LogP contribution in [-0.4, -0.2) is 43.3 Å². The van der Waals surface area contributed by atoms with Gasteiger partial charge in [-0.25, -0.2) is 4.98 Å². The van der Waals surface area contributed by atoms with Gasteiger partial charge in [0.1, 0.15) is 5.01 Å². The van der Waals surface area contributed by atoms with Crippen LogP contribution in [0, 0.1) is 0 Å². The lowest BCUT2D eigenvalue weighted by Crippen LogP contribution is -2.27. The van der Waals surface area contributed by atoms with E-state index >= 15 is 0 Å². The van der Waals surface area contributed by atoms with Crippen molar-refractivity contribution in [1.29, 1.82) is 0 Å². The molecule has 0 bridgehead atoms. The van der Waals surface area contributed by atoms with E-state index in [-0.39, 0.29) is 12.3 Å². The van der Waals surface area contributed by atoms with Crippen LogP contribution in [0.5, 0.6) is 11.5 Å². The lowest BCUT2D eigenvalue weighted by molar-refractivity contribution is -0.129. The number of hydrogen-bond acceptors (Lipinski definition) is 6. The molecule has 0 unspecified atom stereocenters. The summed E-state index contributed by atoms with van der Waals surface area (Å²) in [6.45, 7) is 0.583. The summed E-state index contributed by atoms with van der Waals surface area (Å²) in [7, 11) is 5.04. The molecule has 0 atom stereocenters. The van der Waals surface area contributed by atoms with Crippen LogP contribution in [0.1, 0.15) is 11.3 Å². The number of carbonyl (C=O) groups is 1. The Morgan fingerprint density at radius 1 is 1.10 bits per heavy atom. The second-order valence-electron chi connectivity index (χ2n) is 6.49. The molecule has 0 fully saturated rings. The molecule has 0 aliphatic carbocycles. The molecule has 3 rings (SSSR count). The van der Waals surface area contributed by atoms with Gasteiger partial charge in [-0.05, 0) is 42.2 Å². The molecule has 29 heavy (non-hydrogen) atoms. The van der Waals surface area contributed by atoms with E-state index in [0.29, 0.717) is 18.0 Å². The van der Waals surface area contributed by atoms with Crippen LogP contribution in [-0.2, 0) is 17.8 Å². The third kappa shape index (κ3) is 5.31. The van der Waals surface area contributed by atoms with E-state index in [4.69, 9.17) is 9.47 Å². The summed E-state index contributed by atoms with van der Waals surface area (Å²) >= 11 is 3.22. The predicted octanol–water partition coefficient (Wildman–Crippen LogP) is 4.75. The number of thiazole rings is 1. The highest BCUT2D eigenvalue weighted by Gasteiger charge is 2.14. The number of carbonyl (C=O) groups excluding carboxylic acids is 1. The van der Waals surface area contributed by atoms with Gasteiger partial charge in [0.2, 0.25) is 5.91 Å². The highest BCUT2D eigenvalue weighted by Crippen LogP contribution is 2.33. The Morgan fingerprint density at radius 3 is 2.48 bits per heavy atom. The van der Waals surface area contributed by atoms with Gasteiger partial charge in [0.05, 0.1) is 26.3 Å². The Labute approximate surface area is 179 Å². The second-order valence-corrected chi connectivity index (χ2v) is 8.23. The van der Waals surface area contributed by atoms with Crippen molar-refractivity contribution >= 4 is 29.0 Å². The minimum atomic E-state index is 0.0445. The lowest BCUT2D eigenvalue weighted by atomic mass is 10.2. The fourth-order valence-corrected chi connectivity index (χ4v) is 4.10. The van der Waals surface area contributed by atoms with E-state index in [0.717, 1.165) is 21.8 Å². The van der Waals surface area contributed by atoms with Gasteiger partial charge in [0, 0.05) is 29.4 Å². The average Bonchev–Trinajstić information content (AvgIpc) is 3.22. The molecule has 0 spiro atoms. The maximum absolute atomic E-state index is 12.6. The van der Waals surface area contributed by atoms with E-state index < -0.39 is 0 Å².